The number of ether oxygens (including phenoxy) is 1. The van der Waals surface area contributed by atoms with Crippen molar-refractivity contribution < 1.29 is 29.6 Å². The third-order valence-corrected chi connectivity index (χ3v) is 7.91. The van der Waals surface area contributed by atoms with Crippen LogP contribution in [0.4, 0.5) is 9.59 Å². The van der Waals surface area contributed by atoms with Crippen LogP contribution >= 0.6 is 0 Å². The van der Waals surface area contributed by atoms with Crippen LogP contribution in [0.1, 0.15) is 55.5 Å². The molecular formula is C35H44N3O6-. The van der Waals surface area contributed by atoms with Crippen molar-refractivity contribution >= 4 is 12.2 Å². The van der Waals surface area contributed by atoms with Crippen LogP contribution in [0.3, 0.4) is 0 Å². The number of nitrogens with one attached hydrogen (secondary N) is 2. The lowest BCUT2D eigenvalue weighted by molar-refractivity contribution is -0.273. The average Bonchev–Trinajstić information content (AvgIpc) is 3.40. The number of amides is 2. The highest BCUT2D eigenvalue weighted by Gasteiger charge is 2.36. The first-order valence-corrected chi connectivity index (χ1v) is 15.2. The van der Waals surface area contributed by atoms with E-state index in [1.54, 1.807) is 20.8 Å². The predicted molar refractivity (Wildman–Crippen MR) is 167 cm³/mol. The number of fused-ring (bicyclic) bond motifs is 1. The van der Waals surface area contributed by atoms with E-state index in [0.29, 0.717) is 12.8 Å². The lowest BCUT2D eigenvalue weighted by Gasteiger charge is -2.41. The molecule has 1 unspecified atom stereocenters. The van der Waals surface area contributed by atoms with Gasteiger partial charge in [0.25, 0.3) is 0 Å². The summed E-state index contributed by atoms with van der Waals surface area (Å²) in [5, 5.41) is 41.2. The Morgan fingerprint density at radius 2 is 1.45 bits per heavy atom. The third-order valence-electron chi connectivity index (χ3n) is 7.91. The molecule has 44 heavy (non-hydrogen) atoms. The standard InChI is InChI=1S/C35H45N3O6/c1-35(2,3)44-33(41)37-28(20-24-12-6-4-7-13-24)31(39)22-36-23-32(40)30(21-25-14-8-5-9-15-25)38(34(42)43)29-19-18-26-16-10-11-17-27(26)29/h4-17,28-32,36,39-40H,18-23H2,1-3H3,(H,37,41)(H,42,43)/p-1/t28-,29?,30-,31+,32+/m0/s1. The fourth-order valence-corrected chi connectivity index (χ4v) is 5.86. The van der Waals surface area contributed by atoms with Crippen LogP contribution in [-0.4, -0.2) is 70.3 Å². The van der Waals surface area contributed by atoms with E-state index in [2.05, 4.69) is 10.6 Å². The Morgan fingerprint density at radius 3 is 2.07 bits per heavy atom. The molecule has 9 nitrogen and oxygen atoms in total. The molecule has 3 aromatic carbocycles. The molecule has 4 rings (SSSR count). The normalized spacial score (nSPS) is 17.2. The van der Waals surface area contributed by atoms with Crippen molar-refractivity contribution in [3.8, 4) is 0 Å². The number of nitrogens with zero attached hydrogens (tertiary/aromatic N) is 1. The number of aliphatic hydroxyl groups is 2. The molecule has 0 fully saturated rings. The van der Waals surface area contributed by atoms with Gasteiger partial charge in [0.1, 0.15) is 11.7 Å². The lowest BCUT2D eigenvalue weighted by Crippen LogP contribution is -2.56. The molecule has 0 aliphatic heterocycles. The summed E-state index contributed by atoms with van der Waals surface area (Å²) in [4.78, 5) is 26.6. The number of benzene rings is 3. The highest BCUT2D eigenvalue weighted by Crippen LogP contribution is 2.37. The van der Waals surface area contributed by atoms with Crippen LogP contribution in [0.2, 0.25) is 0 Å². The van der Waals surface area contributed by atoms with Gasteiger partial charge in [-0.25, -0.2) is 4.79 Å². The SMILES string of the molecule is CC(C)(C)OC(=O)N[C@@H](Cc1ccccc1)[C@H](O)CNC[C@@H](O)[C@H](Cc1ccccc1)N(C(=O)[O-])C1CCc2ccccc21. The van der Waals surface area contributed by atoms with Crippen LogP contribution in [0.25, 0.3) is 0 Å². The molecule has 1 aliphatic rings. The minimum atomic E-state index is -1.34. The molecule has 0 bridgehead atoms. The fraction of sp³-hybridized carbons (Fsp3) is 0.429. The number of hydrogen-bond acceptors (Lipinski definition) is 7. The zero-order valence-electron chi connectivity index (χ0n) is 25.7. The number of alkyl carbamates (subject to hydrolysis) is 1. The molecule has 3 aromatic rings. The van der Waals surface area contributed by atoms with Gasteiger partial charge in [-0.05, 0) is 68.7 Å². The first-order valence-electron chi connectivity index (χ1n) is 15.2. The van der Waals surface area contributed by atoms with Gasteiger partial charge in [-0.2, -0.15) is 0 Å². The Labute approximate surface area is 259 Å². The Bertz CT molecular complexity index is 1350. The van der Waals surface area contributed by atoms with Crippen LogP contribution in [0.15, 0.2) is 84.9 Å². The molecule has 4 N–H and O–H groups in total. The maximum atomic E-state index is 12.7. The molecule has 9 heteroatoms. The number of aryl methyl sites for hydroxylation is 1. The van der Waals surface area contributed by atoms with E-state index in [0.717, 1.165) is 28.7 Å². The van der Waals surface area contributed by atoms with E-state index in [1.165, 1.54) is 4.90 Å². The topological polar surface area (TPSA) is 134 Å². The molecule has 0 aromatic heterocycles. The summed E-state index contributed by atoms with van der Waals surface area (Å²) in [7, 11) is 0. The maximum absolute atomic E-state index is 12.7. The van der Waals surface area contributed by atoms with E-state index >= 15 is 0 Å². The number of carbonyl (C=O) groups excluding carboxylic acids is 2. The molecule has 0 saturated carbocycles. The molecule has 236 valence electrons. The van der Waals surface area contributed by atoms with Gasteiger partial charge in [0, 0.05) is 13.1 Å². The van der Waals surface area contributed by atoms with Crippen LogP contribution < -0.4 is 15.7 Å². The van der Waals surface area contributed by atoms with E-state index in [4.69, 9.17) is 4.74 Å². The third kappa shape index (κ3) is 9.29. The summed E-state index contributed by atoms with van der Waals surface area (Å²) < 4.78 is 5.42. The van der Waals surface area contributed by atoms with Gasteiger partial charge in [-0.3, -0.25) is 0 Å². The second kappa shape index (κ2) is 15.2. The van der Waals surface area contributed by atoms with Gasteiger partial charge in [0.15, 0.2) is 0 Å². The van der Waals surface area contributed by atoms with Crippen molar-refractivity contribution in [2.24, 2.45) is 0 Å². The fourth-order valence-electron chi connectivity index (χ4n) is 5.86. The van der Waals surface area contributed by atoms with Crippen LogP contribution in [-0.2, 0) is 24.0 Å². The Morgan fingerprint density at radius 1 is 0.886 bits per heavy atom. The second-order valence-electron chi connectivity index (χ2n) is 12.4. The van der Waals surface area contributed by atoms with Crippen LogP contribution in [0.5, 0.6) is 0 Å². The average molecular weight is 603 g/mol. The summed E-state index contributed by atoms with van der Waals surface area (Å²) >= 11 is 0. The van der Waals surface area contributed by atoms with Gasteiger partial charge < -0.3 is 40.4 Å². The van der Waals surface area contributed by atoms with E-state index < -0.39 is 48.1 Å². The summed E-state index contributed by atoms with van der Waals surface area (Å²) in [6.07, 6.45) is -2.11. The van der Waals surface area contributed by atoms with Crippen LogP contribution in [0, 0.1) is 0 Å². The van der Waals surface area contributed by atoms with Crippen molar-refractivity contribution in [1.82, 2.24) is 15.5 Å². The largest absolute Gasteiger partial charge is 0.530 e. The smallest absolute Gasteiger partial charge is 0.407 e. The van der Waals surface area contributed by atoms with E-state index in [9.17, 15) is 24.9 Å². The summed E-state index contributed by atoms with van der Waals surface area (Å²) in [6.45, 7) is 5.36. The highest BCUT2D eigenvalue weighted by molar-refractivity contribution is 5.68. The Hall–Kier alpha value is -3.92. The van der Waals surface area contributed by atoms with Gasteiger partial charge in [0.2, 0.25) is 0 Å². The summed E-state index contributed by atoms with van der Waals surface area (Å²) in [6, 6.07) is 24.8. The Balaban J connectivity index is 1.47. The Kier molecular flexibility index (Phi) is 11.4. The van der Waals surface area contributed by atoms with Gasteiger partial charge >= 0.3 is 6.09 Å². The van der Waals surface area contributed by atoms with Gasteiger partial charge in [0.05, 0.1) is 30.3 Å². The number of rotatable bonds is 13. The summed E-state index contributed by atoms with van der Waals surface area (Å²) in [5.74, 6) is 0. The zero-order valence-corrected chi connectivity index (χ0v) is 25.7. The van der Waals surface area contributed by atoms with E-state index in [1.807, 2.05) is 84.9 Å². The van der Waals surface area contributed by atoms with Crippen molar-refractivity contribution in [3.63, 3.8) is 0 Å². The summed E-state index contributed by atoms with van der Waals surface area (Å²) in [5.41, 5.74) is 3.14. The molecule has 0 spiro atoms. The van der Waals surface area contributed by atoms with E-state index in [-0.39, 0.29) is 19.5 Å². The second-order valence-corrected chi connectivity index (χ2v) is 12.4. The molecule has 1 aliphatic carbocycles. The van der Waals surface area contributed by atoms with Crippen molar-refractivity contribution in [1.29, 1.82) is 0 Å². The first-order chi connectivity index (χ1) is 21.0. The number of carbonyl (C=O) groups is 2. The molecular weight excluding hydrogens is 558 g/mol. The molecule has 0 radical (unpaired) electrons. The van der Waals surface area contributed by atoms with Gasteiger partial charge in [-0.15, -0.1) is 0 Å². The highest BCUT2D eigenvalue weighted by atomic mass is 16.6. The lowest BCUT2D eigenvalue weighted by atomic mass is 9.96. The van der Waals surface area contributed by atoms with Crippen molar-refractivity contribution in [2.75, 3.05) is 13.1 Å². The predicted octanol–water partition coefficient (Wildman–Crippen LogP) is 3.38. The quantitative estimate of drug-likeness (QED) is 0.236. The van der Waals surface area contributed by atoms with Crippen molar-refractivity contribution in [3.05, 3.63) is 107 Å². The zero-order chi connectivity index (χ0) is 31.7. The molecule has 2 amide bonds. The molecule has 0 saturated heterocycles. The minimum Gasteiger partial charge on any atom is -0.530 e. The monoisotopic (exact) mass is 602 g/mol. The number of aliphatic hydroxyl groups excluding tert-OH is 2. The maximum Gasteiger partial charge on any atom is 0.407 e. The number of hydrogen-bond donors (Lipinski definition) is 4. The molecule has 0 heterocycles. The van der Waals surface area contributed by atoms with Crippen molar-refractivity contribution in [2.45, 2.75) is 82.4 Å². The molecule has 5 atom stereocenters. The first kappa shape index (κ1) is 33.0. The van der Waals surface area contributed by atoms with Gasteiger partial charge in [-0.1, -0.05) is 84.9 Å². The minimum absolute atomic E-state index is 0.0111. The number of carboxylic acid groups (broad SMARTS) is 1.